The van der Waals surface area contributed by atoms with E-state index >= 15 is 0 Å². The molecule has 1 aliphatic rings. The van der Waals surface area contributed by atoms with Crippen LogP contribution in [-0.2, 0) is 4.79 Å². The highest BCUT2D eigenvalue weighted by Gasteiger charge is 2.21. The Hall–Kier alpha value is -2.17. The maximum atomic E-state index is 12.0. The molecule has 0 unspecified atom stereocenters. The molecule has 5 heteroatoms. The fraction of sp³-hybridized carbons (Fsp3) is 0.500. The van der Waals surface area contributed by atoms with Gasteiger partial charge in [0, 0.05) is 24.3 Å². The fourth-order valence-corrected chi connectivity index (χ4v) is 3.13. The molecule has 0 aromatic heterocycles. The summed E-state index contributed by atoms with van der Waals surface area (Å²) in [6.07, 6.45) is 10.2. The third kappa shape index (κ3) is 5.51. The van der Waals surface area contributed by atoms with E-state index < -0.39 is 4.92 Å². The normalized spacial score (nSPS) is 21.3. The highest BCUT2D eigenvalue weighted by Crippen LogP contribution is 2.27. The van der Waals surface area contributed by atoms with Gasteiger partial charge in [-0.25, -0.2) is 0 Å². The Labute approximate surface area is 136 Å². The molecule has 0 radical (unpaired) electrons. The molecule has 124 valence electrons. The molecule has 1 fully saturated rings. The predicted octanol–water partition coefficient (Wildman–Crippen LogP) is 4.08. The molecular formula is C18H24N2O3. The number of hydrogen-bond acceptors (Lipinski definition) is 3. The van der Waals surface area contributed by atoms with Crippen molar-refractivity contribution in [2.24, 2.45) is 5.92 Å². The van der Waals surface area contributed by atoms with E-state index in [1.165, 1.54) is 43.9 Å². The van der Waals surface area contributed by atoms with Crippen molar-refractivity contribution in [2.45, 2.75) is 51.5 Å². The van der Waals surface area contributed by atoms with Gasteiger partial charge in [0.1, 0.15) is 0 Å². The van der Waals surface area contributed by atoms with Crippen molar-refractivity contribution in [3.63, 3.8) is 0 Å². The van der Waals surface area contributed by atoms with Gasteiger partial charge in [0.2, 0.25) is 5.91 Å². The largest absolute Gasteiger partial charge is 0.350 e. The number of amides is 1. The molecule has 23 heavy (non-hydrogen) atoms. The summed E-state index contributed by atoms with van der Waals surface area (Å²) >= 11 is 0. The van der Waals surface area contributed by atoms with E-state index in [1.54, 1.807) is 18.2 Å². The lowest BCUT2D eigenvalue weighted by Crippen LogP contribution is -2.36. The molecule has 1 aromatic carbocycles. The van der Waals surface area contributed by atoms with Gasteiger partial charge in [-0.3, -0.25) is 14.9 Å². The number of nitrogens with zero attached hydrogens (tertiary/aromatic N) is 1. The van der Waals surface area contributed by atoms with Gasteiger partial charge < -0.3 is 5.32 Å². The Bertz CT molecular complexity index is 558. The summed E-state index contributed by atoms with van der Waals surface area (Å²) in [6.45, 7) is 2.22. The summed E-state index contributed by atoms with van der Waals surface area (Å²) in [5.74, 6) is 0.728. The van der Waals surface area contributed by atoms with E-state index in [0.717, 1.165) is 24.3 Å². The number of nitrogens with one attached hydrogen (secondary N) is 1. The molecule has 0 bridgehead atoms. The van der Waals surface area contributed by atoms with Crippen LogP contribution in [0.5, 0.6) is 0 Å². The van der Waals surface area contributed by atoms with Crippen molar-refractivity contribution in [3.05, 3.63) is 46.0 Å². The predicted molar refractivity (Wildman–Crippen MR) is 90.9 cm³/mol. The minimum absolute atomic E-state index is 0.0513. The van der Waals surface area contributed by atoms with Crippen LogP contribution in [0.2, 0.25) is 0 Å². The Morgan fingerprint density at radius 3 is 2.48 bits per heavy atom. The van der Waals surface area contributed by atoms with Gasteiger partial charge >= 0.3 is 0 Å². The van der Waals surface area contributed by atoms with Crippen LogP contribution >= 0.6 is 0 Å². The number of benzene rings is 1. The number of hydrogen-bond donors (Lipinski definition) is 1. The van der Waals surface area contributed by atoms with Crippen LogP contribution in [0.4, 0.5) is 5.69 Å². The van der Waals surface area contributed by atoms with Crippen LogP contribution in [0.15, 0.2) is 30.3 Å². The zero-order valence-electron chi connectivity index (χ0n) is 13.5. The second-order valence-corrected chi connectivity index (χ2v) is 6.20. The molecule has 0 saturated heterocycles. The number of non-ortho nitro benzene ring substituents is 1. The van der Waals surface area contributed by atoms with E-state index in [-0.39, 0.29) is 17.6 Å². The Morgan fingerprint density at radius 1 is 1.26 bits per heavy atom. The molecule has 0 heterocycles. The van der Waals surface area contributed by atoms with Crippen molar-refractivity contribution in [2.75, 3.05) is 0 Å². The molecule has 1 aliphatic carbocycles. The van der Waals surface area contributed by atoms with Crippen LogP contribution in [0.1, 0.15) is 51.0 Å². The smallest absolute Gasteiger partial charge is 0.269 e. The Morgan fingerprint density at radius 2 is 1.91 bits per heavy atom. The topological polar surface area (TPSA) is 72.2 Å². The molecule has 1 aromatic rings. The van der Waals surface area contributed by atoms with E-state index in [0.29, 0.717) is 0 Å². The highest BCUT2D eigenvalue weighted by molar-refractivity contribution is 5.91. The van der Waals surface area contributed by atoms with Gasteiger partial charge in [0.25, 0.3) is 5.69 Å². The van der Waals surface area contributed by atoms with Crippen LogP contribution in [0.3, 0.4) is 0 Å². The first kappa shape index (κ1) is 17.2. The first-order chi connectivity index (χ1) is 11.1. The Kier molecular flexibility index (Phi) is 6.32. The number of nitro benzene ring substituents is 1. The van der Waals surface area contributed by atoms with Crippen LogP contribution in [0.25, 0.3) is 6.08 Å². The van der Waals surface area contributed by atoms with Crippen molar-refractivity contribution in [1.29, 1.82) is 0 Å². The lowest BCUT2D eigenvalue weighted by Gasteiger charge is -2.28. The summed E-state index contributed by atoms with van der Waals surface area (Å²) in [5, 5.41) is 13.6. The van der Waals surface area contributed by atoms with Gasteiger partial charge in [0.05, 0.1) is 4.92 Å². The molecule has 1 N–H and O–H groups in total. The minimum atomic E-state index is -0.435. The minimum Gasteiger partial charge on any atom is -0.350 e. The standard InChI is InChI=1S/C18H24N2O3/c1-2-3-14-4-9-16(10-5-14)19-18(21)13-8-15-6-11-17(12-7-15)20(22)23/h6-8,11-14,16H,2-5,9-10H2,1H3,(H,19,21)/b13-8+. The number of carbonyl (C=O) groups excluding carboxylic acids is 1. The molecule has 1 saturated carbocycles. The van der Waals surface area contributed by atoms with Crippen molar-refractivity contribution in [1.82, 2.24) is 5.32 Å². The van der Waals surface area contributed by atoms with E-state index in [4.69, 9.17) is 0 Å². The summed E-state index contributed by atoms with van der Waals surface area (Å²) in [7, 11) is 0. The maximum Gasteiger partial charge on any atom is 0.269 e. The fourth-order valence-electron chi connectivity index (χ4n) is 3.13. The zero-order chi connectivity index (χ0) is 16.7. The van der Waals surface area contributed by atoms with Crippen LogP contribution in [-0.4, -0.2) is 16.9 Å². The Balaban J connectivity index is 1.79. The molecule has 2 rings (SSSR count). The average molecular weight is 316 g/mol. The zero-order valence-corrected chi connectivity index (χ0v) is 13.5. The second-order valence-electron chi connectivity index (χ2n) is 6.20. The van der Waals surface area contributed by atoms with Gasteiger partial charge in [-0.15, -0.1) is 0 Å². The SMILES string of the molecule is CCCC1CCC(NC(=O)/C=C/c2ccc([N+](=O)[O-])cc2)CC1. The molecule has 5 nitrogen and oxygen atoms in total. The molecule has 0 atom stereocenters. The van der Waals surface area contributed by atoms with Crippen molar-refractivity contribution >= 4 is 17.7 Å². The first-order valence-corrected chi connectivity index (χ1v) is 8.31. The summed E-state index contributed by atoms with van der Waals surface area (Å²) in [4.78, 5) is 22.1. The quantitative estimate of drug-likeness (QED) is 0.488. The van der Waals surface area contributed by atoms with Crippen molar-refractivity contribution in [3.8, 4) is 0 Å². The lowest BCUT2D eigenvalue weighted by molar-refractivity contribution is -0.384. The number of rotatable bonds is 6. The maximum absolute atomic E-state index is 12.0. The summed E-state index contributed by atoms with van der Waals surface area (Å²) in [6, 6.07) is 6.42. The third-order valence-electron chi connectivity index (χ3n) is 4.42. The molecule has 0 aliphatic heterocycles. The van der Waals surface area contributed by atoms with E-state index in [9.17, 15) is 14.9 Å². The van der Waals surface area contributed by atoms with E-state index in [2.05, 4.69) is 12.2 Å². The second kappa shape index (κ2) is 8.46. The van der Waals surface area contributed by atoms with Gasteiger partial charge in [-0.05, 0) is 55.4 Å². The molecular weight excluding hydrogens is 292 g/mol. The third-order valence-corrected chi connectivity index (χ3v) is 4.42. The van der Waals surface area contributed by atoms with Gasteiger partial charge in [-0.1, -0.05) is 19.8 Å². The highest BCUT2D eigenvalue weighted by atomic mass is 16.6. The molecule has 0 spiro atoms. The number of nitro groups is 1. The summed E-state index contributed by atoms with van der Waals surface area (Å²) in [5.41, 5.74) is 0.827. The first-order valence-electron chi connectivity index (χ1n) is 8.31. The summed E-state index contributed by atoms with van der Waals surface area (Å²) < 4.78 is 0. The monoisotopic (exact) mass is 316 g/mol. The van der Waals surface area contributed by atoms with Gasteiger partial charge in [-0.2, -0.15) is 0 Å². The van der Waals surface area contributed by atoms with Crippen LogP contribution < -0.4 is 5.32 Å². The molecule has 1 amide bonds. The van der Waals surface area contributed by atoms with E-state index in [1.807, 2.05) is 0 Å². The van der Waals surface area contributed by atoms with Crippen molar-refractivity contribution < 1.29 is 9.72 Å². The van der Waals surface area contributed by atoms with Crippen LogP contribution in [0, 0.1) is 16.0 Å². The number of carbonyl (C=O) groups is 1. The average Bonchev–Trinajstić information content (AvgIpc) is 2.55. The van der Waals surface area contributed by atoms with Gasteiger partial charge in [0.15, 0.2) is 0 Å². The lowest BCUT2D eigenvalue weighted by atomic mass is 9.83.